The van der Waals surface area contributed by atoms with Crippen molar-refractivity contribution < 1.29 is 18.3 Å². The number of carbonyl (C=O) groups excluding carboxylic acids is 1. The number of hydrogen-bond acceptors (Lipinski definition) is 6. The van der Waals surface area contributed by atoms with E-state index >= 15 is 0 Å². The minimum atomic E-state index is -0.306. The van der Waals surface area contributed by atoms with Gasteiger partial charge in [-0.25, -0.2) is 4.39 Å². The molecule has 2 aromatic heterocycles. The van der Waals surface area contributed by atoms with Gasteiger partial charge in [-0.05, 0) is 50.1 Å². The second kappa shape index (κ2) is 8.31. The van der Waals surface area contributed by atoms with Gasteiger partial charge in [0.1, 0.15) is 22.2 Å². The molecule has 8 heteroatoms. The molecule has 1 amide bonds. The van der Waals surface area contributed by atoms with Gasteiger partial charge in [-0.15, -0.1) is 10.2 Å². The van der Waals surface area contributed by atoms with Gasteiger partial charge in [0, 0.05) is 28.2 Å². The first-order chi connectivity index (χ1) is 14.9. The number of rotatable bonds is 5. The molecule has 31 heavy (non-hydrogen) atoms. The highest BCUT2D eigenvalue weighted by molar-refractivity contribution is 7.15. The third-order valence-electron chi connectivity index (χ3n) is 4.93. The molecule has 158 valence electrons. The van der Waals surface area contributed by atoms with E-state index in [4.69, 9.17) is 9.15 Å². The highest BCUT2D eigenvalue weighted by Crippen LogP contribution is 2.40. The highest BCUT2D eigenvalue weighted by atomic mass is 32.1. The van der Waals surface area contributed by atoms with Crippen LogP contribution in [0.15, 0.2) is 47.1 Å². The first-order valence-corrected chi connectivity index (χ1v) is 10.3. The molecule has 0 fully saturated rings. The van der Waals surface area contributed by atoms with E-state index in [0.29, 0.717) is 22.0 Å². The van der Waals surface area contributed by atoms with Gasteiger partial charge in [0.25, 0.3) is 0 Å². The number of anilines is 1. The molecule has 6 nitrogen and oxygen atoms in total. The number of carbonyl (C=O) groups is 1. The van der Waals surface area contributed by atoms with Crippen molar-refractivity contribution in [1.82, 2.24) is 10.2 Å². The molecule has 0 saturated heterocycles. The van der Waals surface area contributed by atoms with Crippen LogP contribution in [0.2, 0.25) is 0 Å². The maximum atomic E-state index is 13.4. The van der Waals surface area contributed by atoms with Gasteiger partial charge in [-0.3, -0.25) is 10.1 Å². The van der Waals surface area contributed by atoms with Crippen molar-refractivity contribution in [1.29, 1.82) is 0 Å². The topological polar surface area (TPSA) is 77.2 Å². The summed E-state index contributed by atoms with van der Waals surface area (Å²) < 4.78 is 24.8. The number of ether oxygens (including phenoxy) is 1. The third-order valence-corrected chi connectivity index (χ3v) is 5.69. The Kier molecular flexibility index (Phi) is 5.56. The summed E-state index contributed by atoms with van der Waals surface area (Å²) >= 11 is 1.31. The summed E-state index contributed by atoms with van der Waals surface area (Å²) in [5, 5.41) is 12.6. The maximum Gasteiger partial charge on any atom is 0.250 e. The van der Waals surface area contributed by atoms with E-state index in [2.05, 4.69) is 15.5 Å². The lowest BCUT2D eigenvalue weighted by atomic mass is 9.96. The fourth-order valence-corrected chi connectivity index (χ4v) is 4.08. The van der Waals surface area contributed by atoms with E-state index in [0.717, 1.165) is 32.6 Å². The second-order valence-electron chi connectivity index (χ2n) is 7.06. The predicted octanol–water partition coefficient (Wildman–Crippen LogP) is 5.76. The number of aromatic nitrogens is 2. The van der Waals surface area contributed by atoms with Crippen molar-refractivity contribution in [2.24, 2.45) is 0 Å². The van der Waals surface area contributed by atoms with Crippen LogP contribution in [-0.2, 0) is 4.79 Å². The lowest BCUT2D eigenvalue weighted by Gasteiger charge is -2.13. The summed E-state index contributed by atoms with van der Waals surface area (Å²) in [4.78, 5) is 12.5. The fraction of sp³-hybridized carbons (Fsp3) is 0.174. The van der Waals surface area contributed by atoms with Crippen molar-refractivity contribution in [2.45, 2.75) is 20.8 Å². The summed E-state index contributed by atoms with van der Waals surface area (Å²) in [6.07, 6.45) is 3.15. The Morgan fingerprint density at radius 2 is 1.97 bits per heavy atom. The zero-order chi connectivity index (χ0) is 22.1. The van der Waals surface area contributed by atoms with Crippen LogP contribution in [0.5, 0.6) is 5.75 Å². The number of benzene rings is 2. The number of methoxy groups -OCH3 is 1. The lowest BCUT2D eigenvalue weighted by molar-refractivity contribution is -0.111. The Morgan fingerprint density at radius 1 is 1.23 bits per heavy atom. The van der Waals surface area contributed by atoms with E-state index in [1.807, 2.05) is 26.8 Å². The average Bonchev–Trinajstić information content (AvgIpc) is 3.34. The molecular weight excluding hydrogens is 417 g/mol. The molecule has 4 rings (SSSR count). The smallest absolute Gasteiger partial charge is 0.250 e. The third kappa shape index (κ3) is 4.06. The van der Waals surface area contributed by atoms with Gasteiger partial charge >= 0.3 is 0 Å². The minimum absolute atomic E-state index is 0.300. The lowest BCUT2D eigenvalue weighted by Crippen LogP contribution is -2.08. The molecule has 0 aliphatic rings. The van der Waals surface area contributed by atoms with Crippen LogP contribution in [0.3, 0.4) is 0 Å². The maximum absolute atomic E-state index is 13.4. The molecule has 1 N–H and O–H groups in total. The first-order valence-electron chi connectivity index (χ1n) is 9.52. The van der Waals surface area contributed by atoms with Crippen LogP contribution in [0.1, 0.15) is 23.1 Å². The largest absolute Gasteiger partial charge is 0.496 e. The van der Waals surface area contributed by atoms with E-state index in [1.165, 1.54) is 29.5 Å². The Bertz CT molecular complexity index is 1310. The van der Waals surface area contributed by atoms with Crippen LogP contribution >= 0.6 is 11.3 Å². The molecule has 0 saturated carbocycles. The van der Waals surface area contributed by atoms with Gasteiger partial charge in [0.2, 0.25) is 11.0 Å². The van der Waals surface area contributed by atoms with Crippen molar-refractivity contribution in [3.8, 4) is 16.9 Å². The summed E-state index contributed by atoms with van der Waals surface area (Å²) in [5.74, 6) is 0.0192. The zero-order valence-electron chi connectivity index (χ0n) is 17.4. The molecule has 2 heterocycles. The van der Waals surface area contributed by atoms with Crippen molar-refractivity contribution in [3.05, 3.63) is 64.6 Å². The molecule has 0 aliphatic carbocycles. The van der Waals surface area contributed by atoms with Crippen LogP contribution in [0.4, 0.5) is 9.52 Å². The minimum Gasteiger partial charge on any atom is -0.496 e. The molecule has 4 aromatic rings. The van der Waals surface area contributed by atoms with E-state index in [-0.39, 0.29) is 11.7 Å². The van der Waals surface area contributed by atoms with Crippen molar-refractivity contribution in [3.63, 3.8) is 0 Å². The number of furan rings is 1. The van der Waals surface area contributed by atoms with Gasteiger partial charge in [0.15, 0.2) is 0 Å². The molecule has 2 aromatic carbocycles. The number of allylic oxidation sites excluding steroid dienone is 1. The quantitative estimate of drug-likeness (QED) is 0.402. The SMILES string of the molecule is COc1c(/C(C)=C/C(=O)Nc2nnc(C)s2)cc2c(-c3ccc(F)cc3)coc2c1C. The Hall–Kier alpha value is -3.52. The van der Waals surface area contributed by atoms with E-state index < -0.39 is 0 Å². The Morgan fingerprint density at radius 3 is 2.61 bits per heavy atom. The summed E-state index contributed by atoms with van der Waals surface area (Å²) in [6.45, 7) is 5.56. The number of halogens is 1. The van der Waals surface area contributed by atoms with Crippen molar-refractivity contribution >= 4 is 38.9 Å². The van der Waals surface area contributed by atoms with Crippen LogP contribution in [0, 0.1) is 19.7 Å². The van der Waals surface area contributed by atoms with Gasteiger partial charge < -0.3 is 9.15 Å². The van der Waals surface area contributed by atoms with Gasteiger partial charge in [0.05, 0.1) is 13.4 Å². The van der Waals surface area contributed by atoms with Crippen molar-refractivity contribution in [2.75, 3.05) is 12.4 Å². The van der Waals surface area contributed by atoms with E-state index in [9.17, 15) is 9.18 Å². The number of nitrogens with one attached hydrogen (secondary N) is 1. The molecule has 0 bridgehead atoms. The highest BCUT2D eigenvalue weighted by Gasteiger charge is 2.19. The summed E-state index contributed by atoms with van der Waals surface area (Å²) in [5.41, 5.74) is 4.65. The van der Waals surface area contributed by atoms with Crippen LogP contribution in [-0.4, -0.2) is 23.2 Å². The standard InChI is InChI=1S/C23H20FN3O3S/c1-12(9-20(28)25-23-27-26-14(3)31-23)17-10-18-19(15-5-7-16(24)8-6-15)11-30-22(18)13(2)21(17)29-4/h5-11H,1-4H3,(H,25,27,28)/b12-9+. The molecule has 0 atom stereocenters. The molecular formula is C23H20FN3O3S. The predicted molar refractivity (Wildman–Crippen MR) is 120 cm³/mol. The molecule has 0 spiro atoms. The zero-order valence-corrected chi connectivity index (χ0v) is 18.3. The van der Waals surface area contributed by atoms with Crippen LogP contribution in [0.25, 0.3) is 27.7 Å². The number of hydrogen-bond donors (Lipinski definition) is 1. The van der Waals surface area contributed by atoms with E-state index in [1.54, 1.807) is 25.5 Å². The monoisotopic (exact) mass is 437 g/mol. The average molecular weight is 437 g/mol. The normalized spacial score (nSPS) is 11.7. The summed E-state index contributed by atoms with van der Waals surface area (Å²) in [7, 11) is 1.58. The Balaban J connectivity index is 1.77. The second-order valence-corrected chi connectivity index (χ2v) is 8.24. The number of fused-ring (bicyclic) bond motifs is 1. The van der Waals surface area contributed by atoms with Gasteiger partial charge in [-0.1, -0.05) is 23.5 Å². The fourth-order valence-electron chi connectivity index (χ4n) is 3.49. The number of amides is 1. The number of nitrogens with zero attached hydrogens (tertiary/aromatic N) is 2. The number of aryl methyl sites for hydroxylation is 2. The van der Waals surface area contributed by atoms with Gasteiger partial charge in [-0.2, -0.15) is 0 Å². The Labute approximate surface area is 182 Å². The van der Waals surface area contributed by atoms with Crippen LogP contribution < -0.4 is 10.1 Å². The summed E-state index contributed by atoms with van der Waals surface area (Å²) in [6, 6.07) is 8.17. The molecule has 0 aliphatic heterocycles. The molecule has 0 radical (unpaired) electrons. The first kappa shape index (κ1) is 20.7. The molecule has 0 unspecified atom stereocenters.